The van der Waals surface area contributed by atoms with Crippen LogP contribution in [0, 0.1) is 34.6 Å². The van der Waals surface area contributed by atoms with E-state index in [1.165, 1.54) is 33.2 Å². The molecule has 1 N–H and O–H groups in total. The zero-order valence-electron chi connectivity index (χ0n) is 14.9. The molecule has 3 rings (SSSR count). The van der Waals surface area contributed by atoms with E-state index in [0.29, 0.717) is 5.75 Å². The van der Waals surface area contributed by atoms with E-state index in [2.05, 4.69) is 48.5 Å². The predicted molar refractivity (Wildman–Crippen MR) is 94.5 cm³/mol. The number of aromatic hydroxyl groups is 1. The lowest BCUT2D eigenvalue weighted by Gasteiger charge is -2.34. The van der Waals surface area contributed by atoms with Crippen LogP contribution in [0.5, 0.6) is 5.75 Å². The lowest BCUT2D eigenvalue weighted by molar-refractivity contribution is 0.475. The van der Waals surface area contributed by atoms with Gasteiger partial charge in [0.2, 0.25) is 0 Å². The van der Waals surface area contributed by atoms with E-state index in [1.54, 1.807) is 0 Å². The molecule has 0 bridgehead atoms. The van der Waals surface area contributed by atoms with Crippen molar-refractivity contribution in [3.8, 4) is 5.75 Å². The van der Waals surface area contributed by atoms with Crippen molar-refractivity contribution in [3.63, 3.8) is 0 Å². The molecule has 0 radical (unpaired) electrons. The van der Waals surface area contributed by atoms with Gasteiger partial charge in [-0.25, -0.2) is 0 Å². The molecular formula is C20H25NO. The van der Waals surface area contributed by atoms with Crippen LogP contribution >= 0.6 is 0 Å². The standard InChI is InChI=1S/C20H25NO/c1-9-10(2)15-14(6)21-20(7,8)18-12(4)13(5)19(22)16(11(9)3)17(15)18/h22H,1-8H3. The Morgan fingerprint density at radius 2 is 1.32 bits per heavy atom. The Hall–Kier alpha value is -1.83. The van der Waals surface area contributed by atoms with E-state index in [4.69, 9.17) is 4.99 Å². The smallest absolute Gasteiger partial charge is 0.126 e. The molecule has 0 saturated heterocycles. The van der Waals surface area contributed by atoms with E-state index < -0.39 is 0 Å². The summed E-state index contributed by atoms with van der Waals surface area (Å²) in [6.45, 7) is 17.0. The van der Waals surface area contributed by atoms with Gasteiger partial charge >= 0.3 is 0 Å². The summed E-state index contributed by atoms with van der Waals surface area (Å²) in [5, 5.41) is 13.0. The molecule has 2 heteroatoms. The summed E-state index contributed by atoms with van der Waals surface area (Å²) >= 11 is 0. The maximum absolute atomic E-state index is 10.8. The second kappa shape index (κ2) is 4.34. The quantitative estimate of drug-likeness (QED) is 0.716. The molecule has 0 atom stereocenters. The van der Waals surface area contributed by atoms with Crippen LogP contribution in [0.15, 0.2) is 4.99 Å². The zero-order chi connectivity index (χ0) is 16.6. The molecule has 2 nitrogen and oxygen atoms in total. The topological polar surface area (TPSA) is 32.6 Å². The van der Waals surface area contributed by atoms with Crippen LogP contribution in [0.1, 0.15) is 59.7 Å². The number of aliphatic imine (C=N–C) groups is 1. The summed E-state index contributed by atoms with van der Waals surface area (Å²) in [5.74, 6) is 0.434. The second-order valence-electron chi connectivity index (χ2n) is 7.23. The minimum absolute atomic E-state index is 0.258. The van der Waals surface area contributed by atoms with Crippen molar-refractivity contribution < 1.29 is 5.11 Å². The zero-order valence-corrected chi connectivity index (χ0v) is 14.9. The van der Waals surface area contributed by atoms with Gasteiger partial charge in [-0.3, -0.25) is 4.99 Å². The Kier molecular flexibility index (Phi) is 2.98. The van der Waals surface area contributed by atoms with Gasteiger partial charge in [-0.1, -0.05) is 0 Å². The van der Waals surface area contributed by atoms with Gasteiger partial charge in [0.15, 0.2) is 0 Å². The number of aryl methyl sites for hydroxylation is 1. The molecule has 0 aromatic heterocycles. The Labute approximate surface area is 132 Å². The molecule has 0 saturated carbocycles. The first-order chi connectivity index (χ1) is 10.1. The third kappa shape index (κ3) is 1.64. The third-order valence-electron chi connectivity index (χ3n) is 5.58. The van der Waals surface area contributed by atoms with Gasteiger partial charge in [0.05, 0.1) is 5.54 Å². The summed E-state index contributed by atoms with van der Waals surface area (Å²) in [4.78, 5) is 4.98. The number of hydrogen-bond donors (Lipinski definition) is 1. The first-order valence-corrected chi connectivity index (χ1v) is 7.92. The Morgan fingerprint density at radius 1 is 0.727 bits per heavy atom. The minimum Gasteiger partial charge on any atom is -0.507 e. The van der Waals surface area contributed by atoms with Gasteiger partial charge in [0, 0.05) is 22.0 Å². The van der Waals surface area contributed by atoms with Crippen LogP contribution in [0.4, 0.5) is 0 Å². The predicted octanol–water partition coefficient (Wildman–Crippen LogP) is 5.15. The van der Waals surface area contributed by atoms with E-state index in [1.807, 2.05) is 6.92 Å². The van der Waals surface area contributed by atoms with Gasteiger partial charge in [-0.05, 0) is 88.8 Å². The number of hydrogen-bond acceptors (Lipinski definition) is 2. The second-order valence-corrected chi connectivity index (χ2v) is 7.23. The number of phenolic OH excluding ortho intramolecular Hbond substituents is 1. The van der Waals surface area contributed by atoms with E-state index >= 15 is 0 Å². The maximum Gasteiger partial charge on any atom is 0.126 e. The SMILES string of the molecule is CC1=NC(C)(C)c2c(C)c(C)c(O)c3c(C)c(C)c(C)c1c23. The number of phenols is 1. The molecule has 1 aliphatic rings. The lowest BCUT2D eigenvalue weighted by Crippen LogP contribution is -2.25. The summed E-state index contributed by atoms with van der Waals surface area (Å²) in [7, 11) is 0. The molecule has 2 aromatic rings. The molecule has 0 amide bonds. The highest BCUT2D eigenvalue weighted by Gasteiger charge is 2.34. The van der Waals surface area contributed by atoms with Crippen LogP contribution < -0.4 is 0 Å². The molecule has 1 heterocycles. The summed E-state index contributed by atoms with van der Waals surface area (Å²) in [6, 6.07) is 0. The van der Waals surface area contributed by atoms with Gasteiger partial charge in [-0.15, -0.1) is 0 Å². The first kappa shape index (κ1) is 15.1. The van der Waals surface area contributed by atoms with E-state index in [-0.39, 0.29) is 5.54 Å². The molecule has 0 spiro atoms. The third-order valence-corrected chi connectivity index (χ3v) is 5.58. The van der Waals surface area contributed by atoms with Gasteiger partial charge < -0.3 is 5.11 Å². The van der Waals surface area contributed by atoms with Crippen molar-refractivity contribution in [2.24, 2.45) is 4.99 Å². The number of benzene rings is 2. The van der Waals surface area contributed by atoms with Crippen molar-refractivity contribution >= 4 is 16.5 Å². The van der Waals surface area contributed by atoms with Gasteiger partial charge in [-0.2, -0.15) is 0 Å². The fourth-order valence-electron chi connectivity index (χ4n) is 4.19. The summed E-state index contributed by atoms with van der Waals surface area (Å²) in [6.07, 6.45) is 0. The Morgan fingerprint density at radius 3 is 1.91 bits per heavy atom. The highest BCUT2D eigenvalue weighted by molar-refractivity contribution is 6.16. The highest BCUT2D eigenvalue weighted by atomic mass is 16.3. The molecule has 1 aliphatic heterocycles. The first-order valence-electron chi connectivity index (χ1n) is 7.92. The van der Waals surface area contributed by atoms with E-state index in [0.717, 1.165) is 22.2 Å². The van der Waals surface area contributed by atoms with Crippen molar-refractivity contribution in [2.75, 3.05) is 0 Å². The van der Waals surface area contributed by atoms with Crippen LogP contribution in [0.25, 0.3) is 10.8 Å². The molecule has 0 aliphatic carbocycles. The highest BCUT2D eigenvalue weighted by Crippen LogP contribution is 2.48. The summed E-state index contributed by atoms with van der Waals surface area (Å²) in [5.41, 5.74) is 9.15. The fraction of sp³-hybridized carbons (Fsp3) is 0.450. The normalized spacial score (nSPS) is 16.1. The summed E-state index contributed by atoms with van der Waals surface area (Å²) < 4.78 is 0. The van der Waals surface area contributed by atoms with Gasteiger partial charge in [0.1, 0.15) is 5.75 Å². The monoisotopic (exact) mass is 295 g/mol. The van der Waals surface area contributed by atoms with Crippen molar-refractivity contribution in [3.05, 3.63) is 38.9 Å². The maximum atomic E-state index is 10.8. The molecule has 22 heavy (non-hydrogen) atoms. The molecule has 116 valence electrons. The molecular weight excluding hydrogens is 270 g/mol. The van der Waals surface area contributed by atoms with Crippen LogP contribution in [-0.2, 0) is 5.54 Å². The largest absolute Gasteiger partial charge is 0.507 e. The minimum atomic E-state index is -0.258. The molecule has 0 unspecified atom stereocenters. The Bertz CT molecular complexity index is 862. The average Bonchev–Trinajstić information content (AvgIpc) is 2.40. The van der Waals surface area contributed by atoms with Crippen LogP contribution in [0.3, 0.4) is 0 Å². The lowest BCUT2D eigenvalue weighted by atomic mass is 9.76. The molecule has 2 aromatic carbocycles. The van der Waals surface area contributed by atoms with Crippen molar-refractivity contribution in [1.29, 1.82) is 0 Å². The van der Waals surface area contributed by atoms with Crippen molar-refractivity contribution in [2.45, 2.75) is 60.9 Å². The number of rotatable bonds is 0. The average molecular weight is 295 g/mol. The van der Waals surface area contributed by atoms with Crippen molar-refractivity contribution in [1.82, 2.24) is 0 Å². The Balaban J connectivity index is 2.76. The van der Waals surface area contributed by atoms with Gasteiger partial charge in [0.25, 0.3) is 0 Å². The van der Waals surface area contributed by atoms with Crippen LogP contribution in [-0.4, -0.2) is 10.8 Å². The molecule has 0 fully saturated rings. The van der Waals surface area contributed by atoms with Crippen LogP contribution in [0.2, 0.25) is 0 Å². The number of nitrogens with zero attached hydrogens (tertiary/aromatic N) is 1. The van der Waals surface area contributed by atoms with E-state index in [9.17, 15) is 5.11 Å². The fourth-order valence-corrected chi connectivity index (χ4v) is 4.19.